The van der Waals surface area contributed by atoms with Crippen molar-refractivity contribution in [3.05, 3.63) is 46.8 Å². The Balaban J connectivity index is 0.000000612. The topological polar surface area (TPSA) is 0 Å². The predicted molar refractivity (Wildman–Crippen MR) is 44.7 cm³/mol. The molecular formula is C10F9Zn. The molecule has 0 heterocycles. The first-order chi connectivity index (χ1) is 9.27. The Bertz CT molecular complexity index is 655. The molecule has 2 aromatic rings. The van der Waals surface area contributed by atoms with Crippen molar-refractivity contribution in [3.63, 3.8) is 0 Å². The summed E-state index contributed by atoms with van der Waals surface area (Å²) in [7, 11) is 0. The van der Waals surface area contributed by atoms with Crippen molar-refractivity contribution in [2.24, 2.45) is 0 Å². The Morgan fingerprint density at radius 2 is 0.950 bits per heavy atom. The fraction of sp³-hybridized carbons (Fsp3) is 0. The van der Waals surface area contributed by atoms with E-state index in [9.17, 15) is 37.4 Å². The molecule has 0 aromatic heterocycles. The molecule has 10 heteroatoms. The fourth-order valence-corrected chi connectivity index (χ4v) is 1.37. The van der Waals surface area contributed by atoms with E-state index in [1.54, 1.807) is 0 Å². The molecule has 105 valence electrons. The quantitative estimate of drug-likeness (QED) is 0.283. The van der Waals surface area contributed by atoms with Crippen LogP contribution in [0.3, 0.4) is 0 Å². The SMILES string of the molecule is Fc1[c]c(F)c2c(F)c(F)c(F)c(F)c2c1F.[F][Zn][F]. The van der Waals surface area contributed by atoms with Gasteiger partial charge in [0.15, 0.2) is 34.9 Å². The van der Waals surface area contributed by atoms with Gasteiger partial charge in [0.05, 0.1) is 16.8 Å². The van der Waals surface area contributed by atoms with Crippen molar-refractivity contribution in [2.75, 3.05) is 0 Å². The molecule has 0 saturated carbocycles. The first-order valence-corrected chi connectivity index (χ1v) is 6.85. The summed E-state index contributed by atoms with van der Waals surface area (Å²) in [6.45, 7) is 0. The van der Waals surface area contributed by atoms with Crippen LogP contribution in [0.25, 0.3) is 10.8 Å². The second kappa shape index (κ2) is 6.43. The van der Waals surface area contributed by atoms with Crippen LogP contribution in [0.4, 0.5) is 37.4 Å². The second-order valence-electron chi connectivity index (χ2n) is 3.17. The van der Waals surface area contributed by atoms with E-state index in [0.717, 1.165) is 6.07 Å². The maximum absolute atomic E-state index is 13.1. The van der Waals surface area contributed by atoms with Crippen LogP contribution in [0.5, 0.6) is 0 Å². The van der Waals surface area contributed by atoms with Crippen LogP contribution in [0.1, 0.15) is 0 Å². The molecule has 0 amide bonds. The Morgan fingerprint density at radius 1 is 0.550 bits per heavy atom. The average molecular weight is 356 g/mol. The number of fused-ring (bicyclic) bond motifs is 1. The zero-order valence-corrected chi connectivity index (χ0v) is 12.1. The Morgan fingerprint density at radius 3 is 1.40 bits per heavy atom. The molecule has 0 atom stereocenters. The summed E-state index contributed by atoms with van der Waals surface area (Å²) < 4.78 is 110. The normalized spacial score (nSPS) is 10.1. The number of halogens is 9. The van der Waals surface area contributed by atoms with E-state index < -0.39 is 69.6 Å². The average Bonchev–Trinajstić information content (AvgIpc) is 2.38. The van der Waals surface area contributed by atoms with E-state index >= 15 is 0 Å². The van der Waals surface area contributed by atoms with Crippen molar-refractivity contribution in [1.82, 2.24) is 0 Å². The molecule has 0 bridgehead atoms. The van der Waals surface area contributed by atoms with Gasteiger partial charge in [0.2, 0.25) is 0 Å². The van der Waals surface area contributed by atoms with E-state index in [-0.39, 0.29) is 0 Å². The molecular weight excluding hydrogens is 356 g/mol. The van der Waals surface area contributed by atoms with E-state index in [1.807, 2.05) is 0 Å². The molecule has 0 aliphatic heterocycles. The zero-order valence-electron chi connectivity index (χ0n) is 9.11. The fourth-order valence-electron chi connectivity index (χ4n) is 1.37. The van der Waals surface area contributed by atoms with Gasteiger partial charge in [-0.15, -0.1) is 0 Å². The summed E-state index contributed by atoms with van der Waals surface area (Å²) in [6.07, 6.45) is 0. The Hall–Kier alpha value is -1.31. The summed E-state index contributed by atoms with van der Waals surface area (Å²) in [6, 6.07) is 1.09. The van der Waals surface area contributed by atoms with Gasteiger partial charge in [-0.25, -0.2) is 30.7 Å². The van der Waals surface area contributed by atoms with Crippen LogP contribution in [-0.2, 0) is 18.1 Å². The van der Waals surface area contributed by atoms with E-state index in [0.29, 0.717) is 0 Å². The molecule has 0 aliphatic rings. The zero-order chi connectivity index (χ0) is 15.6. The van der Waals surface area contributed by atoms with Gasteiger partial charge in [-0.05, 0) is 0 Å². The van der Waals surface area contributed by atoms with Gasteiger partial charge >= 0.3 is 24.8 Å². The van der Waals surface area contributed by atoms with Crippen molar-refractivity contribution < 1.29 is 55.5 Å². The van der Waals surface area contributed by atoms with Crippen molar-refractivity contribution in [2.45, 2.75) is 0 Å². The number of rotatable bonds is 0. The van der Waals surface area contributed by atoms with Gasteiger partial charge in [-0.3, -0.25) is 0 Å². The van der Waals surface area contributed by atoms with Crippen LogP contribution in [0.2, 0.25) is 0 Å². The standard InChI is InChI=1S/C10F7.2FH.Zn/c11-2-1-3(12)6(13)5-4(2)7(14)9(16)10(17)8(5)15;;;/h;2*1H;/q;;;+2/p-2. The molecule has 0 N–H and O–H groups in total. The van der Waals surface area contributed by atoms with Gasteiger partial charge in [0, 0.05) is 0 Å². The van der Waals surface area contributed by atoms with Crippen LogP contribution in [-0.4, -0.2) is 0 Å². The molecule has 1 radical (unpaired) electrons. The van der Waals surface area contributed by atoms with Gasteiger partial charge in [-0.2, -0.15) is 0 Å². The summed E-state index contributed by atoms with van der Waals surface area (Å²) >= 11 is -2.88. The minimum absolute atomic E-state index is 1.09. The first-order valence-electron chi connectivity index (χ1n) is 4.61. The Kier molecular flexibility index (Phi) is 5.38. The maximum atomic E-state index is 13.1. The molecule has 2 aromatic carbocycles. The van der Waals surface area contributed by atoms with E-state index in [2.05, 4.69) is 0 Å². The molecule has 0 fully saturated rings. The third-order valence-corrected chi connectivity index (χ3v) is 2.12. The summed E-state index contributed by atoms with van der Waals surface area (Å²) in [5, 5.41) is -3.16. The Labute approximate surface area is 113 Å². The third kappa shape index (κ3) is 2.75. The summed E-state index contributed by atoms with van der Waals surface area (Å²) in [5.41, 5.74) is 0. The van der Waals surface area contributed by atoms with Crippen molar-refractivity contribution in [3.8, 4) is 0 Å². The van der Waals surface area contributed by atoms with Gasteiger partial charge in [-0.1, -0.05) is 0 Å². The molecule has 0 aliphatic carbocycles. The van der Waals surface area contributed by atoms with E-state index in [1.165, 1.54) is 0 Å². The molecule has 2 rings (SSSR count). The number of hydrogen-bond acceptors (Lipinski definition) is 0. The van der Waals surface area contributed by atoms with Crippen LogP contribution in [0, 0.1) is 46.8 Å². The molecule has 0 saturated heterocycles. The van der Waals surface area contributed by atoms with Crippen LogP contribution < -0.4 is 0 Å². The summed E-state index contributed by atoms with van der Waals surface area (Å²) in [5.74, 6) is -14.9. The van der Waals surface area contributed by atoms with Crippen LogP contribution >= 0.6 is 0 Å². The molecule has 0 spiro atoms. The monoisotopic (exact) mass is 355 g/mol. The van der Waals surface area contributed by atoms with Gasteiger partial charge in [0.25, 0.3) is 0 Å². The number of hydrogen-bond donors (Lipinski definition) is 0. The van der Waals surface area contributed by atoms with E-state index in [4.69, 9.17) is 0 Å². The first kappa shape index (κ1) is 16.7. The molecule has 0 unspecified atom stereocenters. The second-order valence-corrected chi connectivity index (χ2v) is 3.60. The molecule has 20 heavy (non-hydrogen) atoms. The molecule has 0 nitrogen and oxygen atoms in total. The van der Waals surface area contributed by atoms with Crippen LogP contribution in [0.15, 0.2) is 0 Å². The summed E-state index contributed by atoms with van der Waals surface area (Å²) in [4.78, 5) is 0. The third-order valence-electron chi connectivity index (χ3n) is 2.12. The minimum atomic E-state index is -2.88. The van der Waals surface area contributed by atoms with Gasteiger partial charge < -0.3 is 0 Å². The van der Waals surface area contributed by atoms with Crippen molar-refractivity contribution >= 4 is 10.8 Å². The number of benzene rings is 2. The van der Waals surface area contributed by atoms with Crippen molar-refractivity contribution in [1.29, 1.82) is 0 Å². The van der Waals surface area contributed by atoms with Gasteiger partial charge in [0.1, 0.15) is 5.82 Å². The predicted octanol–water partition coefficient (Wildman–Crippen LogP) is 4.45.